The number of hydrogen-bond acceptors (Lipinski definition) is 3. The summed E-state index contributed by atoms with van der Waals surface area (Å²) in [5, 5.41) is 2.85. The predicted molar refractivity (Wildman–Crippen MR) is 94.4 cm³/mol. The van der Waals surface area contributed by atoms with Gasteiger partial charge in [-0.2, -0.15) is 0 Å². The molecular weight excluding hydrogens is 449 g/mol. The SMILES string of the molecule is COc1cc(NC(=O)c2cc(Br)ccc2I)cc(OC)c1. The molecule has 6 heteroatoms. The third kappa shape index (κ3) is 4.10. The predicted octanol–water partition coefficient (Wildman–Crippen LogP) is 4.32. The van der Waals surface area contributed by atoms with Gasteiger partial charge in [0.15, 0.2) is 0 Å². The molecule has 0 spiro atoms. The fourth-order valence-corrected chi connectivity index (χ4v) is 2.69. The Kier molecular flexibility index (Phi) is 5.46. The summed E-state index contributed by atoms with van der Waals surface area (Å²) in [4.78, 5) is 12.4. The number of anilines is 1. The number of nitrogens with one attached hydrogen (secondary N) is 1. The number of halogens is 2. The van der Waals surface area contributed by atoms with Gasteiger partial charge in [0.1, 0.15) is 11.5 Å². The van der Waals surface area contributed by atoms with Gasteiger partial charge < -0.3 is 14.8 Å². The van der Waals surface area contributed by atoms with Crippen LogP contribution in [0.25, 0.3) is 0 Å². The molecule has 110 valence electrons. The number of benzene rings is 2. The molecule has 0 aromatic heterocycles. The van der Waals surface area contributed by atoms with Crippen LogP contribution in [0.2, 0.25) is 0 Å². The molecule has 2 rings (SSSR count). The van der Waals surface area contributed by atoms with Gasteiger partial charge in [-0.3, -0.25) is 4.79 Å². The molecule has 0 aliphatic heterocycles. The summed E-state index contributed by atoms with van der Waals surface area (Å²) in [6.07, 6.45) is 0. The van der Waals surface area contributed by atoms with E-state index in [9.17, 15) is 4.79 Å². The molecule has 0 bridgehead atoms. The van der Waals surface area contributed by atoms with E-state index < -0.39 is 0 Å². The largest absolute Gasteiger partial charge is 0.497 e. The van der Waals surface area contributed by atoms with Crippen LogP contribution in [0.15, 0.2) is 40.9 Å². The van der Waals surface area contributed by atoms with E-state index in [2.05, 4.69) is 43.8 Å². The highest BCUT2D eigenvalue weighted by Crippen LogP contribution is 2.27. The Morgan fingerprint density at radius 3 is 2.29 bits per heavy atom. The Labute approximate surface area is 145 Å². The number of hydrogen-bond donors (Lipinski definition) is 1. The highest BCUT2D eigenvalue weighted by atomic mass is 127. The highest BCUT2D eigenvalue weighted by Gasteiger charge is 2.12. The van der Waals surface area contributed by atoms with Crippen molar-refractivity contribution in [3.63, 3.8) is 0 Å². The van der Waals surface area contributed by atoms with Gasteiger partial charge in [-0.25, -0.2) is 0 Å². The molecule has 1 N–H and O–H groups in total. The van der Waals surface area contributed by atoms with E-state index in [-0.39, 0.29) is 5.91 Å². The molecule has 0 saturated carbocycles. The average Bonchev–Trinajstić information content (AvgIpc) is 2.49. The maximum atomic E-state index is 12.4. The molecule has 0 aliphatic rings. The van der Waals surface area contributed by atoms with Crippen molar-refractivity contribution in [1.82, 2.24) is 0 Å². The van der Waals surface area contributed by atoms with Crippen LogP contribution < -0.4 is 14.8 Å². The van der Waals surface area contributed by atoms with Crippen LogP contribution in [-0.4, -0.2) is 20.1 Å². The first-order chi connectivity index (χ1) is 10.0. The molecule has 0 heterocycles. The second-order valence-electron chi connectivity index (χ2n) is 4.18. The summed E-state index contributed by atoms with van der Waals surface area (Å²) in [7, 11) is 3.13. The van der Waals surface area contributed by atoms with Gasteiger partial charge in [0, 0.05) is 31.9 Å². The lowest BCUT2D eigenvalue weighted by molar-refractivity contribution is 0.102. The monoisotopic (exact) mass is 461 g/mol. The van der Waals surface area contributed by atoms with E-state index in [0.29, 0.717) is 22.7 Å². The molecule has 2 aromatic rings. The van der Waals surface area contributed by atoms with Crippen LogP contribution in [0, 0.1) is 3.57 Å². The van der Waals surface area contributed by atoms with Crippen molar-refractivity contribution in [3.05, 3.63) is 50.0 Å². The molecule has 4 nitrogen and oxygen atoms in total. The third-order valence-electron chi connectivity index (χ3n) is 2.78. The van der Waals surface area contributed by atoms with Crippen molar-refractivity contribution in [3.8, 4) is 11.5 Å². The Hall–Kier alpha value is -1.28. The first kappa shape index (κ1) is 16.1. The molecule has 1 amide bonds. The van der Waals surface area contributed by atoms with Crippen LogP contribution in [0.5, 0.6) is 11.5 Å². The third-order valence-corrected chi connectivity index (χ3v) is 4.22. The normalized spacial score (nSPS) is 10.1. The lowest BCUT2D eigenvalue weighted by atomic mass is 10.2. The number of amides is 1. The van der Waals surface area contributed by atoms with Crippen molar-refractivity contribution >= 4 is 50.1 Å². The van der Waals surface area contributed by atoms with Crippen LogP contribution in [0.4, 0.5) is 5.69 Å². The zero-order valence-corrected chi connectivity index (χ0v) is 15.2. The lowest BCUT2D eigenvalue weighted by Gasteiger charge is -2.11. The molecule has 0 saturated heterocycles. The Bertz CT molecular complexity index is 654. The summed E-state index contributed by atoms with van der Waals surface area (Å²) in [5.41, 5.74) is 1.22. The summed E-state index contributed by atoms with van der Waals surface area (Å²) in [6.45, 7) is 0. The van der Waals surface area contributed by atoms with Crippen LogP contribution >= 0.6 is 38.5 Å². The number of ether oxygens (including phenoxy) is 2. The number of carbonyl (C=O) groups excluding carboxylic acids is 1. The summed E-state index contributed by atoms with van der Waals surface area (Å²) in [5.74, 6) is 1.05. The first-order valence-electron chi connectivity index (χ1n) is 6.03. The molecule has 0 aliphatic carbocycles. The second kappa shape index (κ2) is 7.13. The van der Waals surface area contributed by atoms with Crippen LogP contribution in [0.3, 0.4) is 0 Å². The van der Waals surface area contributed by atoms with E-state index in [1.807, 2.05) is 12.1 Å². The van der Waals surface area contributed by atoms with E-state index in [1.54, 1.807) is 38.5 Å². The van der Waals surface area contributed by atoms with Gasteiger partial charge in [0.05, 0.1) is 19.8 Å². The maximum Gasteiger partial charge on any atom is 0.256 e. The van der Waals surface area contributed by atoms with Crippen LogP contribution in [0.1, 0.15) is 10.4 Å². The Morgan fingerprint density at radius 2 is 1.71 bits per heavy atom. The topological polar surface area (TPSA) is 47.6 Å². The van der Waals surface area contributed by atoms with E-state index >= 15 is 0 Å². The fraction of sp³-hybridized carbons (Fsp3) is 0.133. The quantitative estimate of drug-likeness (QED) is 0.689. The second-order valence-corrected chi connectivity index (χ2v) is 6.26. The number of rotatable bonds is 4. The molecule has 0 radical (unpaired) electrons. The Morgan fingerprint density at radius 1 is 1.10 bits per heavy atom. The van der Waals surface area contributed by atoms with Crippen molar-refractivity contribution < 1.29 is 14.3 Å². The van der Waals surface area contributed by atoms with Crippen molar-refractivity contribution in [2.24, 2.45) is 0 Å². The smallest absolute Gasteiger partial charge is 0.256 e. The molecule has 21 heavy (non-hydrogen) atoms. The Balaban J connectivity index is 2.28. The van der Waals surface area contributed by atoms with E-state index in [1.165, 1.54) is 0 Å². The van der Waals surface area contributed by atoms with Gasteiger partial charge in [0.25, 0.3) is 5.91 Å². The average molecular weight is 462 g/mol. The molecule has 0 atom stereocenters. The van der Waals surface area contributed by atoms with Gasteiger partial charge >= 0.3 is 0 Å². The molecule has 2 aromatic carbocycles. The summed E-state index contributed by atoms with van der Waals surface area (Å²) < 4.78 is 12.1. The summed E-state index contributed by atoms with van der Waals surface area (Å²) >= 11 is 5.50. The highest BCUT2D eigenvalue weighted by molar-refractivity contribution is 14.1. The minimum Gasteiger partial charge on any atom is -0.497 e. The van der Waals surface area contributed by atoms with Gasteiger partial charge in [-0.15, -0.1) is 0 Å². The first-order valence-corrected chi connectivity index (χ1v) is 7.90. The summed E-state index contributed by atoms with van der Waals surface area (Å²) in [6, 6.07) is 10.8. The minimum absolute atomic E-state index is 0.184. The van der Waals surface area contributed by atoms with Crippen LogP contribution in [-0.2, 0) is 0 Å². The van der Waals surface area contributed by atoms with Gasteiger partial charge in [-0.05, 0) is 40.8 Å². The molecule has 0 fully saturated rings. The maximum absolute atomic E-state index is 12.4. The fourth-order valence-electron chi connectivity index (χ4n) is 1.75. The number of carbonyl (C=O) groups is 1. The van der Waals surface area contributed by atoms with Crippen molar-refractivity contribution in [1.29, 1.82) is 0 Å². The zero-order valence-electron chi connectivity index (χ0n) is 11.4. The minimum atomic E-state index is -0.184. The van der Waals surface area contributed by atoms with E-state index in [4.69, 9.17) is 9.47 Å². The van der Waals surface area contributed by atoms with Crippen molar-refractivity contribution in [2.75, 3.05) is 19.5 Å². The number of methoxy groups -OCH3 is 2. The van der Waals surface area contributed by atoms with Gasteiger partial charge in [0.2, 0.25) is 0 Å². The molecular formula is C15H13BrINO3. The molecule has 0 unspecified atom stereocenters. The van der Waals surface area contributed by atoms with E-state index in [0.717, 1.165) is 8.04 Å². The van der Waals surface area contributed by atoms with Gasteiger partial charge in [-0.1, -0.05) is 15.9 Å². The standard InChI is InChI=1S/C15H13BrINO3/c1-20-11-6-10(7-12(8-11)21-2)18-15(19)13-5-9(16)3-4-14(13)17/h3-8H,1-2H3,(H,18,19). The van der Waals surface area contributed by atoms with Crippen molar-refractivity contribution in [2.45, 2.75) is 0 Å². The zero-order chi connectivity index (χ0) is 15.4. The lowest BCUT2D eigenvalue weighted by Crippen LogP contribution is -2.13.